The van der Waals surface area contributed by atoms with Gasteiger partial charge >= 0.3 is 0 Å². The molecule has 2 aromatic carbocycles. The van der Waals surface area contributed by atoms with Crippen LogP contribution >= 0.6 is 0 Å². The normalized spacial score (nSPS) is 10.2. The van der Waals surface area contributed by atoms with E-state index in [1.54, 1.807) is 19.1 Å². The number of carbonyl (C=O) groups is 1. The molecule has 0 saturated carbocycles. The van der Waals surface area contributed by atoms with E-state index >= 15 is 0 Å². The van der Waals surface area contributed by atoms with Gasteiger partial charge in [0, 0.05) is 17.7 Å². The van der Waals surface area contributed by atoms with E-state index in [0.717, 1.165) is 16.7 Å². The van der Waals surface area contributed by atoms with E-state index in [1.807, 2.05) is 26.0 Å². The number of benzene rings is 2. The smallest absolute Gasteiger partial charge is 0.271 e. The number of anilines is 1. The van der Waals surface area contributed by atoms with Gasteiger partial charge in [-0.3, -0.25) is 14.9 Å². The van der Waals surface area contributed by atoms with Gasteiger partial charge in [-0.25, -0.2) is 0 Å². The predicted octanol–water partition coefficient (Wildman–Crippen LogP) is 3.77. The predicted molar refractivity (Wildman–Crippen MR) is 81.7 cm³/mol. The number of nitro groups is 1. The van der Waals surface area contributed by atoms with Crippen LogP contribution in [-0.2, 0) is 0 Å². The summed E-state index contributed by atoms with van der Waals surface area (Å²) in [6.45, 7) is 5.61. The fourth-order valence-corrected chi connectivity index (χ4v) is 2.12. The summed E-state index contributed by atoms with van der Waals surface area (Å²) in [7, 11) is 0. The zero-order chi connectivity index (χ0) is 15.6. The highest BCUT2D eigenvalue weighted by Crippen LogP contribution is 2.23. The van der Waals surface area contributed by atoms with Crippen molar-refractivity contribution in [2.45, 2.75) is 20.8 Å². The summed E-state index contributed by atoms with van der Waals surface area (Å²) < 4.78 is 0. The van der Waals surface area contributed by atoms with E-state index in [0.29, 0.717) is 11.3 Å². The number of rotatable bonds is 3. The minimum atomic E-state index is -0.480. The molecule has 0 saturated heterocycles. The van der Waals surface area contributed by atoms with Crippen molar-refractivity contribution in [2.24, 2.45) is 0 Å². The van der Waals surface area contributed by atoms with E-state index in [2.05, 4.69) is 5.32 Å². The first-order chi connectivity index (χ1) is 9.88. The molecule has 1 amide bonds. The number of amides is 1. The summed E-state index contributed by atoms with van der Waals surface area (Å²) in [4.78, 5) is 22.6. The highest BCUT2D eigenvalue weighted by atomic mass is 16.6. The van der Waals surface area contributed by atoms with Crippen molar-refractivity contribution in [3.05, 3.63) is 68.8 Å². The molecule has 0 fully saturated rings. The van der Waals surface area contributed by atoms with Crippen LogP contribution in [0.1, 0.15) is 27.0 Å². The average Bonchev–Trinajstić information content (AvgIpc) is 2.40. The zero-order valence-corrected chi connectivity index (χ0v) is 12.1. The molecule has 5 nitrogen and oxygen atoms in total. The van der Waals surface area contributed by atoms with Crippen molar-refractivity contribution < 1.29 is 9.72 Å². The molecule has 0 heterocycles. The maximum Gasteiger partial charge on any atom is 0.271 e. The van der Waals surface area contributed by atoms with Crippen LogP contribution in [0.15, 0.2) is 36.4 Å². The molecule has 0 radical (unpaired) electrons. The van der Waals surface area contributed by atoms with Crippen LogP contribution in [0.3, 0.4) is 0 Å². The third-order valence-electron chi connectivity index (χ3n) is 3.31. The monoisotopic (exact) mass is 284 g/mol. The fourth-order valence-electron chi connectivity index (χ4n) is 2.12. The van der Waals surface area contributed by atoms with Crippen molar-refractivity contribution in [3.8, 4) is 0 Å². The summed E-state index contributed by atoms with van der Waals surface area (Å²) in [6.07, 6.45) is 0. The van der Waals surface area contributed by atoms with Gasteiger partial charge in [0.05, 0.1) is 10.6 Å². The number of nitro benzene ring substituents is 1. The van der Waals surface area contributed by atoms with Gasteiger partial charge in [0.15, 0.2) is 0 Å². The topological polar surface area (TPSA) is 72.2 Å². The Labute approximate surface area is 122 Å². The first kappa shape index (κ1) is 14.7. The molecular weight excluding hydrogens is 268 g/mol. The molecule has 1 N–H and O–H groups in total. The number of nitrogens with zero attached hydrogens (tertiary/aromatic N) is 1. The second-order valence-electron chi connectivity index (χ2n) is 5.03. The van der Waals surface area contributed by atoms with Gasteiger partial charge in [0.1, 0.15) is 0 Å². The second kappa shape index (κ2) is 5.75. The molecule has 0 aromatic heterocycles. The standard InChI is InChI=1S/C16H16N2O3/c1-10-4-7-14(12(3)8-10)16(19)17-15-9-13(18(20)21)6-5-11(15)2/h4-9H,1-3H3,(H,17,19). The molecule has 0 unspecified atom stereocenters. The van der Waals surface area contributed by atoms with E-state index in [9.17, 15) is 14.9 Å². The Bertz CT molecular complexity index is 723. The van der Waals surface area contributed by atoms with E-state index < -0.39 is 4.92 Å². The molecule has 0 aliphatic carbocycles. The average molecular weight is 284 g/mol. The van der Waals surface area contributed by atoms with E-state index in [-0.39, 0.29) is 11.6 Å². The first-order valence-electron chi connectivity index (χ1n) is 6.52. The van der Waals surface area contributed by atoms with Crippen LogP contribution in [0.5, 0.6) is 0 Å². The lowest BCUT2D eigenvalue weighted by Crippen LogP contribution is -2.14. The lowest BCUT2D eigenvalue weighted by atomic mass is 10.0. The first-order valence-corrected chi connectivity index (χ1v) is 6.52. The summed E-state index contributed by atoms with van der Waals surface area (Å²) in [5.74, 6) is -0.268. The Hall–Kier alpha value is -2.69. The number of non-ortho nitro benzene ring substituents is 1. The largest absolute Gasteiger partial charge is 0.321 e. The van der Waals surface area contributed by atoms with Gasteiger partial charge in [0.25, 0.3) is 11.6 Å². The number of carbonyl (C=O) groups excluding carboxylic acids is 1. The highest BCUT2D eigenvalue weighted by molar-refractivity contribution is 6.05. The zero-order valence-electron chi connectivity index (χ0n) is 12.1. The van der Waals surface area contributed by atoms with Gasteiger partial charge in [-0.2, -0.15) is 0 Å². The molecule has 108 valence electrons. The van der Waals surface area contributed by atoms with Gasteiger partial charge in [-0.15, -0.1) is 0 Å². The van der Waals surface area contributed by atoms with Crippen molar-refractivity contribution >= 4 is 17.3 Å². The molecule has 0 aliphatic rings. The molecule has 0 bridgehead atoms. The fraction of sp³-hybridized carbons (Fsp3) is 0.188. The molecule has 5 heteroatoms. The summed E-state index contributed by atoms with van der Waals surface area (Å²) in [5, 5.41) is 13.5. The van der Waals surface area contributed by atoms with Crippen molar-refractivity contribution in [1.29, 1.82) is 0 Å². The van der Waals surface area contributed by atoms with Crippen molar-refractivity contribution in [1.82, 2.24) is 0 Å². The molecule has 2 aromatic rings. The third-order valence-corrected chi connectivity index (χ3v) is 3.31. The summed E-state index contributed by atoms with van der Waals surface area (Å²) >= 11 is 0. The van der Waals surface area contributed by atoms with Crippen LogP contribution in [0, 0.1) is 30.9 Å². The van der Waals surface area contributed by atoms with Gasteiger partial charge in [0.2, 0.25) is 0 Å². The molecular formula is C16H16N2O3. The Morgan fingerprint density at radius 3 is 2.38 bits per heavy atom. The van der Waals surface area contributed by atoms with E-state index in [1.165, 1.54) is 12.1 Å². The van der Waals surface area contributed by atoms with Gasteiger partial charge < -0.3 is 5.32 Å². The summed E-state index contributed by atoms with van der Waals surface area (Å²) in [5.41, 5.74) is 3.70. The van der Waals surface area contributed by atoms with Crippen LogP contribution in [0.4, 0.5) is 11.4 Å². The molecule has 0 atom stereocenters. The Morgan fingerprint density at radius 1 is 1.05 bits per heavy atom. The number of aryl methyl sites for hydroxylation is 3. The van der Waals surface area contributed by atoms with Crippen molar-refractivity contribution in [3.63, 3.8) is 0 Å². The lowest BCUT2D eigenvalue weighted by Gasteiger charge is -2.10. The summed E-state index contributed by atoms with van der Waals surface area (Å²) in [6, 6.07) is 9.96. The third kappa shape index (κ3) is 3.25. The quantitative estimate of drug-likeness (QED) is 0.688. The Kier molecular flexibility index (Phi) is 4.03. The highest BCUT2D eigenvalue weighted by Gasteiger charge is 2.13. The maximum absolute atomic E-state index is 12.3. The van der Waals surface area contributed by atoms with Crippen LogP contribution in [0.2, 0.25) is 0 Å². The molecule has 0 aliphatic heterocycles. The number of nitrogens with one attached hydrogen (secondary N) is 1. The number of hydrogen-bond acceptors (Lipinski definition) is 3. The van der Waals surface area contributed by atoms with Crippen LogP contribution < -0.4 is 5.32 Å². The van der Waals surface area contributed by atoms with Crippen LogP contribution in [-0.4, -0.2) is 10.8 Å². The Morgan fingerprint density at radius 2 is 1.76 bits per heavy atom. The maximum atomic E-state index is 12.3. The minimum Gasteiger partial charge on any atom is -0.321 e. The lowest BCUT2D eigenvalue weighted by molar-refractivity contribution is -0.384. The van der Waals surface area contributed by atoms with Crippen molar-refractivity contribution in [2.75, 3.05) is 5.32 Å². The number of hydrogen-bond donors (Lipinski definition) is 1. The second-order valence-corrected chi connectivity index (χ2v) is 5.03. The molecule has 0 spiro atoms. The minimum absolute atomic E-state index is 0.0449. The molecule has 21 heavy (non-hydrogen) atoms. The Balaban J connectivity index is 2.31. The van der Waals surface area contributed by atoms with Gasteiger partial charge in [-0.05, 0) is 38.0 Å². The molecule has 2 rings (SSSR count). The SMILES string of the molecule is Cc1ccc(C(=O)Nc2cc([N+](=O)[O-])ccc2C)c(C)c1. The van der Waals surface area contributed by atoms with E-state index in [4.69, 9.17) is 0 Å². The van der Waals surface area contributed by atoms with Gasteiger partial charge in [-0.1, -0.05) is 23.8 Å². The van der Waals surface area contributed by atoms with Crippen LogP contribution in [0.25, 0.3) is 0 Å².